The Morgan fingerprint density at radius 1 is 1.67 bits per heavy atom. The predicted molar refractivity (Wildman–Crippen MR) is 48.9 cm³/mol. The van der Waals surface area contributed by atoms with Crippen LogP contribution in [-0.4, -0.2) is 42.3 Å². The van der Waals surface area contributed by atoms with Crippen molar-refractivity contribution in [3.05, 3.63) is 0 Å². The second kappa shape index (κ2) is 5.79. The van der Waals surface area contributed by atoms with Gasteiger partial charge in [-0.1, -0.05) is 0 Å². The van der Waals surface area contributed by atoms with Gasteiger partial charge in [0.1, 0.15) is 0 Å². The number of nitrogens with zero attached hydrogens (tertiary/aromatic N) is 1. The first kappa shape index (κ1) is 10.0. The summed E-state index contributed by atoms with van der Waals surface area (Å²) in [6, 6.07) is 0. The Bertz CT molecular complexity index is 97.0. The van der Waals surface area contributed by atoms with E-state index in [0.717, 1.165) is 16.6 Å². The quantitative estimate of drug-likeness (QED) is 0.555. The molecule has 0 spiro atoms. The summed E-state index contributed by atoms with van der Waals surface area (Å²) in [5.74, 6) is 1.07. The van der Waals surface area contributed by atoms with Crippen molar-refractivity contribution in [1.29, 1.82) is 0 Å². The van der Waals surface area contributed by atoms with Gasteiger partial charge in [-0.05, 0) is 0 Å². The van der Waals surface area contributed by atoms with E-state index < -0.39 is 0 Å². The van der Waals surface area contributed by atoms with Crippen LogP contribution in [0.1, 0.15) is 13.8 Å². The van der Waals surface area contributed by atoms with Gasteiger partial charge in [0.05, 0.1) is 0 Å². The van der Waals surface area contributed by atoms with Crippen LogP contribution in [0.25, 0.3) is 0 Å². The van der Waals surface area contributed by atoms with Crippen LogP contribution in [0.15, 0.2) is 0 Å². The summed E-state index contributed by atoms with van der Waals surface area (Å²) in [7, 11) is 0. The summed E-state index contributed by atoms with van der Waals surface area (Å²) in [4.78, 5) is 0. The SMILES string of the molecule is CCSC(=S)N([Te])CC. The molecule has 0 N–H and O–H groups in total. The van der Waals surface area contributed by atoms with Crippen molar-refractivity contribution in [2.24, 2.45) is 0 Å². The van der Waals surface area contributed by atoms with Crippen LogP contribution in [0.4, 0.5) is 0 Å². The van der Waals surface area contributed by atoms with Crippen molar-refractivity contribution in [3.63, 3.8) is 0 Å². The molecule has 9 heavy (non-hydrogen) atoms. The zero-order valence-electron chi connectivity index (χ0n) is 5.59. The molecule has 0 fully saturated rings. The fraction of sp³-hybridized carbons (Fsp3) is 0.800. The molecule has 0 amide bonds. The van der Waals surface area contributed by atoms with Crippen molar-refractivity contribution in [2.45, 2.75) is 13.8 Å². The van der Waals surface area contributed by atoms with Gasteiger partial charge in [0.2, 0.25) is 0 Å². The monoisotopic (exact) mass is 278 g/mol. The molecule has 0 heterocycles. The van der Waals surface area contributed by atoms with Gasteiger partial charge in [-0.2, -0.15) is 0 Å². The molecule has 0 aromatic rings. The molecule has 0 saturated carbocycles. The van der Waals surface area contributed by atoms with Crippen LogP contribution in [0.5, 0.6) is 0 Å². The van der Waals surface area contributed by atoms with E-state index in [4.69, 9.17) is 12.2 Å². The molecule has 0 rings (SSSR count). The number of rotatable bonds is 2. The molecule has 1 nitrogen and oxygen atoms in total. The van der Waals surface area contributed by atoms with Crippen LogP contribution < -0.4 is 0 Å². The van der Waals surface area contributed by atoms with Crippen molar-refractivity contribution < 1.29 is 0 Å². The van der Waals surface area contributed by atoms with Gasteiger partial charge in [0, 0.05) is 0 Å². The second-order valence-corrected chi connectivity index (χ2v) is 4.55. The fourth-order valence-electron chi connectivity index (χ4n) is 0.325. The van der Waals surface area contributed by atoms with Crippen LogP contribution in [0.3, 0.4) is 0 Å². The van der Waals surface area contributed by atoms with Gasteiger partial charge < -0.3 is 0 Å². The van der Waals surface area contributed by atoms with E-state index in [0.29, 0.717) is 0 Å². The van der Waals surface area contributed by atoms with E-state index in [-0.39, 0.29) is 0 Å². The molecule has 0 bridgehead atoms. The number of thioether (sulfide) groups is 1. The topological polar surface area (TPSA) is 3.24 Å². The van der Waals surface area contributed by atoms with Crippen molar-refractivity contribution in [2.75, 3.05) is 12.3 Å². The van der Waals surface area contributed by atoms with E-state index >= 15 is 0 Å². The van der Waals surface area contributed by atoms with Crippen LogP contribution in [0, 0.1) is 0 Å². The molecule has 1 radical (unpaired) electrons. The molecule has 0 aliphatic heterocycles. The Labute approximate surface area is 79.8 Å². The molecular formula is C5H10NS2Te. The zero-order chi connectivity index (χ0) is 7.28. The Morgan fingerprint density at radius 2 is 2.22 bits per heavy atom. The van der Waals surface area contributed by atoms with Crippen molar-refractivity contribution in [3.8, 4) is 0 Å². The average molecular weight is 276 g/mol. The summed E-state index contributed by atoms with van der Waals surface area (Å²) >= 11 is 8.74. The summed E-state index contributed by atoms with van der Waals surface area (Å²) in [5.41, 5.74) is 0. The van der Waals surface area contributed by atoms with Crippen molar-refractivity contribution >= 4 is 50.9 Å². The molecule has 4 heteroatoms. The molecule has 0 aliphatic rings. The molecule has 0 aromatic carbocycles. The normalized spacial score (nSPS) is 9.22. The summed E-state index contributed by atoms with van der Waals surface area (Å²) in [5, 5.41) is 0. The van der Waals surface area contributed by atoms with E-state index in [1.54, 1.807) is 11.8 Å². The molecule has 0 unspecified atom stereocenters. The number of hydrogen-bond donors (Lipinski definition) is 0. The Kier molecular flexibility index (Phi) is 6.45. The van der Waals surface area contributed by atoms with E-state index in [2.05, 4.69) is 17.0 Å². The third kappa shape index (κ3) is 4.44. The van der Waals surface area contributed by atoms with Gasteiger partial charge >= 0.3 is 80.2 Å². The molecule has 0 aromatic heterocycles. The van der Waals surface area contributed by atoms with E-state index in [1.165, 1.54) is 0 Å². The number of thiocarbonyl (C=S) groups is 1. The fourth-order valence-corrected chi connectivity index (χ4v) is 1.78. The third-order valence-corrected chi connectivity index (χ3v) is 4.07. The van der Waals surface area contributed by atoms with Crippen molar-refractivity contribution in [1.82, 2.24) is 3.15 Å². The summed E-state index contributed by atoms with van der Waals surface area (Å²) < 4.78 is 3.09. The van der Waals surface area contributed by atoms with Crippen LogP contribution in [-0.2, 0) is 0 Å². The van der Waals surface area contributed by atoms with Crippen LogP contribution in [0.2, 0.25) is 0 Å². The predicted octanol–water partition coefficient (Wildman–Crippen LogP) is 1.43. The van der Waals surface area contributed by atoms with Gasteiger partial charge in [0.25, 0.3) is 0 Å². The number of hydrogen-bond acceptors (Lipinski definition) is 2. The second-order valence-electron chi connectivity index (χ2n) is 1.39. The standard InChI is InChI=1S/C5H10NS2Te/c1-3-6(9)5(7)8-4-2/h3-4H2,1-2H3. The zero-order valence-corrected chi connectivity index (χ0v) is 9.55. The summed E-state index contributed by atoms with van der Waals surface area (Å²) in [6.07, 6.45) is 0. The van der Waals surface area contributed by atoms with E-state index in [9.17, 15) is 0 Å². The molecule has 53 valence electrons. The molecule has 0 saturated heterocycles. The first-order valence-electron chi connectivity index (χ1n) is 2.83. The summed E-state index contributed by atoms with van der Waals surface area (Å²) in [6.45, 7) is 5.23. The molecular weight excluding hydrogens is 266 g/mol. The Balaban J connectivity index is 3.46. The van der Waals surface area contributed by atoms with Gasteiger partial charge in [-0.25, -0.2) is 0 Å². The third-order valence-electron chi connectivity index (χ3n) is 0.759. The van der Waals surface area contributed by atoms with E-state index in [1.807, 2.05) is 22.6 Å². The van der Waals surface area contributed by atoms with Gasteiger partial charge in [-0.3, -0.25) is 0 Å². The average Bonchev–Trinajstić information content (AvgIpc) is 1.87. The Morgan fingerprint density at radius 3 is 2.56 bits per heavy atom. The first-order valence-corrected chi connectivity index (χ1v) is 5.27. The van der Waals surface area contributed by atoms with Gasteiger partial charge in [0.15, 0.2) is 0 Å². The minimum atomic E-state index is 1.00. The molecule has 0 aliphatic carbocycles. The first-order chi connectivity index (χ1) is 4.22. The Hall–Kier alpha value is 1.03. The molecule has 0 atom stereocenters. The maximum absolute atomic E-state index is 5.07. The van der Waals surface area contributed by atoms with Gasteiger partial charge in [-0.15, -0.1) is 0 Å². The maximum atomic E-state index is 5.07. The minimum absolute atomic E-state index is 1.00. The van der Waals surface area contributed by atoms with Crippen LogP contribution >= 0.6 is 24.0 Å².